The number of hydrogen-bond donors (Lipinski definition) is 2. The molecular formula is C21H22F2N2O3. The number of morpholine rings is 1. The summed E-state index contributed by atoms with van der Waals surface area (Å²) >= 11 is 0. The van der Waals surface area contributed by atoms with Crippen molar-refractivity contribution < 1.29 is 23.4 Å². The maximum Gasteiger partial charge on any atom is 0.244 e. The summed E-state index contributed by atoms with van der Waals surface area (Å²) < 4.78 is 32.6. The largest absolute Gasteiger partial charge is 0.394 e. The highest BCUT2D eigenvalue weighted by molar-refractivity contribution is 5.92. The summed E-state index contributed by atoms with van der Waals surface area (Å²) in [6, 6.07) is 10.4. The third-order valence-electron chi connectivity index (χ3n) is 4.55. The van der Waals surface area contributed by atoms with Crippen molar-refractivity contribution in [1.82, 2.24) is 5.32 Å². The normalized spacial score (nSPS) is 15.6. The third-order valence-corrected chi connectivity index (χ3v) is 4.55. The van der Waals surface area contributed by atoms with E-state index in [2.05, 4.69) is 10.2 Å². The van der Waals surface area contributed by atoms with Crippen molar-refractivity contribution >= 4 is 17.7 Å². The Hall–Kier alpha value is -2.77. The quantitative estimate of drug-likeness (QED) is 0.747. The van der Waals surface area contributed by atoms with Crippen LogP contribution in [0.4, 0.5) is 14.5 Å². The van der Waals surface area contributed by atoms with Gasteiger partial charge in [-0.05, 0) is 35.9 Å². The molecule has 0 bridgehead atoms. The number of aliphatic hydroxyl groups is 1. The monoisotopic (exact) mass is 388 g/mol. The lowest BCUT2D eigenvalue weighted by atomic mass is 10.1. The number of ether oxygens (including phenoxy) is 1. The van der Waals surface area contributed by atoms with Gasteiger partial charge in [0.1, 0.15) is 11.6 Å². The second-order valence-electron chi connectivity index (χ2n) is 6.41. The summed E-state index contributed by atoms with van der Waals surface area (Å²) in [4.78, 5) is 14.4. The molecule has 0 spiro atoms. The number of anilines is 1. The molecule has 148 valence electrons. The van der Waals surface area contributed by atoms with Gasteiger partial charge in [0.05, 0.1) is 25.9 Å². The molecule has 1 atom stereocenters. The smallest absolute Gasteiger partial charge is 0.244 e. The van der Waals surface area contributed by atoms with Crippen molar-refractivity contribution in [2.75, 3.05) is 37.8 Å². The second-order valence-corrected chi connectivity index (χ2v) is 6.41. The van der Waals surface area contributed by atoms with Gasteiger partial charge in [-0.2, -0.15) is 0 Å². The van der Waals surface area contributed by atoms with Crippen molar-refractivity contribution in [1.29, 1.82) is 0 Å². The minimum atomic E-state index is -0.749. The number of rotatable bonds is 6. The van der Waals surface area contributed by atoms with E-state index in [0.717, 1.165) is 48.6 Å². The van der Waals surface area contributed by atoms with E-state index in [-0.39, 0.29) is 12.2 Å². The zero-order chi connectivity index (χ0) is 19.9. The number of aliphatic hydroxyl groups excluding tert-OH is 1. The second kappa shape index (κ2) is 9.43. The van der Waals surface area contributed by atoms with E-state index < -0.39 is 23.6 Å². The molecule has 7 heteroatoms. The van der Waals surface area contributed by atoms with E-state index >= 15 is 0 Å². The molecule has 2 aromatic carbocycles. The van der Waals surface area contributed by atoms with Crippen LogP contribution in [-0.2, 0) is 9.53 Å². The molecule has 1 aliphatic heterocycles. The van der Waals surface area contributed by atoms with Crippen molar-refractivity contribution in [2.45, 2.75) is 6.04 Å². The predicted octanol–water partition coefficient (Wildman–Crippen LogP) is 2.66. The lowest BCUT2D eigenvalue weighted by Crippen LogP contribution is -2.36. The van der Waals surface area contributed by atoms with Crippen LogP contribution in [0.1, 0.15) is 17.2 Å². The Morgan fingerprint density at radius 3 is 2.54 bits per heavy atom. The SMILES string of the molecule is O=C(/C=C/c1c(F)cccc1F)NC(CO)c1cccc(N2CCOCC2)c1. The Kier molecular flexibility index (Phi) is 6.73. The molecule has 2 aromatic rings. The molecule has 1 unspecified atom stereocenters. The topological polar surface area (TPSA) is 61.8 Å². The van der Waals surface area contributed by atoms with E-state index in [1.807, 2.05) is 24.3 Å². The molecular weight excluding hydrogens is 366 g/mol. The number of amides is 1. The summed E-state index contributed by atoms with van der Waals surface area (Å²) in [5.41, 5.74) is 1.44. The fourth-order valence-corrected chi connectivity index (χ4v) is 3.04. The highest BCUT2D eigenvalue weighted by Crippen LogP contribution is 2.22. The average Bonchev–Trinajstić information content (AvgIpc) is 2.72. The summed E-state index contributed by atoms with van der Waals surface area (Å²) in [5.74, 6) is -2.06. The van der Waals surface area contributed by atoms with Crippen molar-refractivity contribution in [3.05, 3.63) is 71.3 Å². The lowest BCUT2D eigenvalue weighted by Gasteiger charge is -2.29. The van der Waals surface area contributed by atoms with Gasteiger partial charge in [0.2, 0.25) is 5.91 Å². The number of nitrogens with zero attached hydrogens (tertiary/aromatic N) is 1. The summed E-state index contributed by atoms with van der Waals surface area (Å²) in [5, 5.41) is 12.4. The third kappa shape index (κ3) is 4.94. The lowest BCUT2D eigenvalue weighted by molar-refractivity contribution is -0.117. The van der Waals surface area contributed by atoms with Gasteiger partial charge >= 0.3 is 0 Å². The van der Waals surface area contributed by atoms with Gasteiger partial charge in [-0.15, -0.1) is 0 Å². The fraction of sp³-hybridized carbons (Fsp3) is 0.286. The van der Waals surface area contributed by atoms with Crippen LogP contribution in [0.5, 0.6) is 0 Å². The summed E-state index contributed by atoms with van der Waals surface area (Å²) in [7, 11) is 0. The van der Waals surface area contributed by atoms with Crippen LogP contribution in [0.15, 0.2) is 48.5 Å². The number of benzene rings is 2. The van der Waals surface area contributed by atoms with Crippen LogP contribution < -0.4 is 10.2 Å². The van der Waals surface area contributed by atoms with Gasteiger partial charge in [0.15, 0.2) is 0 Å². The molecule has 28 heavy (non-hydrogen) atoms. The molecule has 1 saturated heterocycles. The van der Waals surface area contributed by atoms with Gasteiger partial charge in [-0.3, -0.25) is 4.79 Å². The number of carbonyl (C=O) groups excluding carboxylic acids is 1. The minimum absolute atomic E-state index is 0.285. The molecule has 1 amide bonds. The number of halogens is 2. The van der Waals surface area contributed by atoms with E-state index in [0.29, 0.717) is 13.2 Å². The zero-order valence-corrected chi connectivity index (χ0v) is 15.3. The first-order chi connectivity index (χ1) is 13.6. The number of hydrogen-bond acceptors (Lipinski definition) is 4. The number of carbonyl (C=O) groups is 1. The van der Waals surface area contributed by atoms with Crippen LogP contribution in [0.3, 0.4) is 0 Å². The van der Waals surface area contributed by atoms with E-state index in [4.69, 9.17) is 4.74 Å². The summed E-state index contributed by atoms with van der Waals surface area (Å²) in [6.07, 6.45) is 2.13. The van der Waals surface area contributed by atoms with Crippen molar-refractivity contribution in [2.24, 2.45) is 0 Å². The van der Waals surface area contributed by atoms with Crippen LogP contribution in [0.25, 0.3) is 6.08 Å². The van der Waals surface area contributed by atoms with E-state index in [1.165, 1.54) is 6.07 Å². The summed E-state index contributed by atoms with van der Waals surface area (Å²) in [6.45, 7) is 2.55. The van der Waals surface area contributed by atoms with Crippen molar-refractivity contribution in [3.8, 4) is 0 Å². The minimum Gasteiger partial charge on any atom is -0.394 e. The Labute approximate surface area is 162 Å². The highest BCUT2D eigenvalue weighted by Gasteiger charge is 2.16. The van der Waals surface area contributed by atoms with Crippen LogP contribution in [0, 0.1) is 11.6 Å². The molecule has 2 N–H and O–H groups in total. The maximum atomic E-state index is 13.6. The van der Waals surface area contributed by atoms with Crippen LogP contribution >= 0.6 is 0 Å². The molecule has 1 aliphatic rings. The molecule has 0 aromatic heterocycles. The first-order valence-electron chi connectivity index (χ1n) is 9.04. The Morgan fingerprint density at radius 1 is 1.18 bits per heavy atom. The first-order valence-corrected chi connectivity index (χ1v) is 9.04. The molecule has 0 aliphatic carbocycles. The molecule has 0 saturated carbocycles. The number of nitrogens with one attached hydrogen (secondary N) is 1. The molecule has 0 radical (unpaired) electrons. The van der Waals surface area contributed by atoms with Gasteiger partial charge < -0.3 is 20.1 Å². The van der Waals surface area contributed by atoms with Gasteiger partial charge in [-0.1, -0.05) is 18.2 Å². The van der Waals surface area contributed by atoms with Gasteiger partial charge in [0, 0.05) is 30.4 Å². The zero-order valence-electron chi connectivity index (χ0n) is 15.3. The van der Waals surface area contributed by atoms with Crippen LogP contribution in [0.2, 0.25) is 0 Å². The first kappa shape index (κ1) is 20.0. The maximum absolute atomic E-state index is 13.6. The van der Waals surface area contributed by atoms with E-state index in [1.54, 1.807) is 0 Å². The van der Waals surface area contributed by atoms with Crippen molar-refractivity contribution in [3.63, 3.8) is 0 Å². The average molecular weight is 388 g/mol. The Bertz CT molecular complexity index is 831. The molecule has 1 heterocycles. The van der Waals surface area contributed by atoms with Crippen LogP contribution in [-0.4, -0.2) is 43.9 Å². The predicted molar refractivity (Wildman–Crippen MR) is 103 cm³/mol. The molecule has 1 fully saturated rings. The van der Waals surface area contributed by atoms with Gasteiger partial charge in [-0.25, -0.2) is 8.78 Å². The van der Waals surface area contributed by atoms with Gasteiger partial charge in [0.25, 0.3) is 0 Å². The Balaban J connectivity index is 1.70. The Morgan fingerprint density at radius 2 is 1.86 bits per heavy atom. The fourth-order valence-electron chi connectivity index (χ4n) is 3.04. The van der Waals surface area contributed by atoms with E-state index in [9.17, 15) is 18.7 Å². The molecule has 5 nitrogen and oxygen atoms in total. The molecule has 3 rings (SSSR count). The highest BCUT2D eigenvalue weighted by atomic mass is 19.1. The standard InChI is InChI=1S/C21H22F2N2O3/c22-18-5-2-6-19(23)17(18)7-8-21(27)24-20(14-26)15-3-1-4-16(13-15)25-9-11-28-12-10-25/h1-8,13,20,26H,9-12,14H2,(H,24,27)/b8-7+.